The van der Waals surface area contributed by atoms with Gasteiger partial charge in [0.05, 0.1) is 0 Å². The molecule has 4 heteroatoms. The molecule has 0 aliphatic heterocycles. The maximum Gasteiger partial charge on any atom is 0.220 e. The Kier molecular flexibility index (Phi) is 10.1. The van der Waals surface area contributed by atoms with Gasteiger partial charge in [0.15, 0.2) is 0 Å². The van der Waals surface area contributed by atoms with Crippen LogP contribution < -0.4 is 10.6 Å². The lowest BCUT2D eigenvalue weighted by molar-refractivity contribution is -0.121. The molecule has 1 rings (SSSR count). The Labute approximate surface area is 135 Å². The number of carbonyl (C=O) groups is 1. The second-order valence-corrected chi connectivity index (χ2v) is 5.73. The number of hydrogen-bond donors (Lipinski definition) is 2. The molecule has 0 aliphatic rings. The third-order valence-corrected chi connectivity index (χ3v) is 3.59. The Morgan fingerprint density at radius 3 is 2.14 bits per heavy atom. The van der Waals surface area contributed by atoms with Crippen molar-refractivity contribution in [2.24, 2.45) is 0 Å². The summed E-state index contributed by atoms with van der Waals surface area (Å²) in [4.78, 5) is 11.8. The number of rotatable bonds is 8. The van der Waals surface area contributed by atoms with Crippen molar-refractivity contribution in [2.45, 2.75) is 45.4 Å². The molecule has 1 aromatic carbocycles. The highest BCUT2D eigenvalue weighted by Crippen LogP contribution is 2.22. The van der Waals surface area contributed by atoms with E-state index in [4.69, 9.17) is 0 Å². The fourth-order valence-electron chi connectivity index (χ4n) is 2.17. The molecule has 3 nitrogen and oxygen atoms in total. The average Bonchev–Trinajstić information content (AvgIpc) is 2.43. The van der Waals surface area contributed by atoms with Crippen LogP contribution >= 0.6 is 12.4 Å². The molecule has 1 aromatic rings. The molecule has 0 bridgehead atoms. The predicted octanol–water partition coefficient (Wildman–Crippen LogP) is 3.45. The van der Waals surface area contributed by atoms with E-state index in [1.54, 1.807) is 0 Å². The molecule has 1 amide bonds. The summed E-state index contributed by atoms with van der Waals surface area (Å²) in [5, 5.41) is 6.04. The molecule has 0 saturated carbocycles. The van der Waals surface area contributed by atoms with Crippen LogP contribution in [-0.4, -0.2) is 26.0 Å². The number of carbonyl (C=O) groups excluding carboxylic acids is 1. The van der Waals surface area contributed by atoms with Crippen LogP contribution in [0.4, 0.5) is 0 Å². The van der Waals surface area contributed by atoms with Gasteiger partial charge in [0.25, 0.3) is 0 Å². The monoisotopic (exact) mass is 312 g/mol. The summed E-state index contributed by atoms with van der Waals surface area (Å²) in [5.41, 5.74) is 2.58. The van der Waals surface area contributed by atoms with Gasteiger partial charge in [0.2, 0.25) is 5.91 Å². The van der Waals surface area contributed by atoms with Crippen molar-refractivity contribution in [3.05, 3.63) is 35.4 Å². The second kappa shape index (κ2) is 10.6. The molecule has 2 N–H and O–H groups in total. The maximum atomic E-state index is 11.8. The van der Waals surface area contributed by atoms with Gasteiger partial charge in [-0.05, 0) is 43.0 Å². The van der Waals surface area contributed by atoms with E-state index in [0.29, 0.717) is 12.3 Å². The van der Waals surface area contributed by atoms with Crippen LogP contribution in [0.1, 0.15) is 56.6 Å². The number of hydrogen-bond acceptors (Lipinski definition) is 2. The molecular weight excluding hydrogens is 284 g/mol. The summed E-state index contributed by atoms with van der Waals surface area (Å²) in [6, 6.07) is 8.63. The summed E-state index contributed by atoms with van der Waals surface area (Å²) >= 11 is 0. The van der Waals surface area contributed by atoms with Gasteiger partial charge in [0.1, 0.15) is 0 Å². The van der Waals surface area contributed by atoms with Crippen molar-refractivity contribution in [2.75, 3.05) is 20.1 Å². The van der Waals surface area contributed by atoms with Gasteiger partial charge in [-0.15, -0.1) is 12.4 Å². The summed E-state index contributed by atoms with van der Waals surface area (Å²) in [5.74, 6) is 0.955. The molecule has 0 spiro atoms. The van der Waals surface area contributed by atoms with Gasteiger partial charge in [-0.3, -0.25) is 4.79 Å². The highest BCUT2D eigenvalue weighted by atomic mass is 35.5. The second-order valence-electron chi connectivity index (χ2n) is 5.73. The number of benzene rings is 1. The van der Waals surface area contributed by atoms with Crippen LogP contribution in [0.15, 0.2) is 24.3 Å². The molecule has 0 radical (unpaired) electrons. The standard InChI is InChI=1S/C17H28N2O.ClH/c1-13(2)15-6-8-16(9-7-15)14(3)12-17(20)19-11-5-10-18-4;/h6-9,13-14,18H,5,10-12H2,1-4H3,(H,19,20);1H. The van der Waals surface area contributed by atoms with E-state index in [-0.39, 0.29) is 24.2 Å². The lowest BCUT2D eigenvalue weighted by Crippen LogP contribution is -2.27. The fourth-order valence-corrected chi connectivity index (χ4v) is 2.17. The van der Waals surface area contributed by atoms with Crippen LogP contribution in [0.3, 0.4) is 0 Å². The molecule has 0 saturated heterocycles. The Morgan fingerprint density at radius 1 is 1.05 bits per heavy atom. The quantitative estimate of drug-likeness (QED) is 0.722. The molecule has 1 unspecified atom stereocenters. The minimum Gasteiger partial charge on any atom is -0.356 e. The Balaban J connectivity index is 0.00000400. The topological polar surface area (TPSA) is 41.1 Å². The number of nitrogens with one attached hydrogen (secondary N) is 2. The predicted molar refractivity (Wildman–Crippen MR) is 92.4 cm³/mol. The average molecular weight is 313 g/mol. The summed E-state index contributed by atoms with van der Waals surface area (Å²) in [6.07, 6.45) is 1.53. The highest BCUT2D eigenvalue weighted by Gasteiger charge is 2.11. The smallest absolute Gasteiger partial charge is 0.220 e. The van der Waals surface area contributed by atoms with Gasteiger partial charge in [-0.25, -0.2) is 0 Å². The Bertz CT molecular complexity index is 404. The Morgan fingerprint density at radius 2 is 1.62 bits per heavy atom. The van der Waals surface area contributed by atoms with E-state index in [2.05, 4.69) is 55.7 Å². The first-order valence-electron chi connectivity index (χ1n) is 7.55. The van der Waals surface area contributed by atoms with E-state index >= 15 is 0 Å². The fraction of sp³-hybridized carbons (Fsp3) is 0.588. The third kappa shape index (κ3) is 7.49. The number of amides is 1. The first kappa shape index (κ1) is 19.9. The molecular formula is C17H29ClN2O. The van der Waals surface area contributed by atoms with Crippen LogP contribution in [0.2, 0.25) is 0 Å². The zero-order valence-electron chi connectivity index (χ0n) is 13.6. The molecule has 0 fully saturated rings. The normalized spacial score (nSPS) is 11.9. The largest absolute Gasteiger partial charge is 0.356 e. The van der Waals surface area contributed by atoms with Crippen molar-refractivity contribution >= 4 is 18.3 Å². The molecule has 0 aromatic heterocycles. The van der Waals surface area contributed by atoms with Crippen molar-refractivity contribution in [1.29, 1.82) is 0 Å². The minimum absolute atomic E-state index is 0. The zero-order chi connectivity index (χ0) is 15.0. The number of halogens is 1. The van der Waals surface area contributed by atoms with Crippen LogP contribution in [0.25, 0.3) is 0 Å². The molecule has 21 heavy (non-hydrogen) atoms. The lowest BCUT2D eigenvalue weighted by Gasteiger charge is -2.13. The van der Waals surface area contributed by atoms with Gasteiger partial charge >= 0.3 is 0 Å². The first-order chi connectivity index (χ1) is 9.54. The molecule has 1 atom stereocenters. The van der Waals surface area contributed by atoms with Gasteiger partial charge in [-0.2, -0.15) is 0 Å². The third-order valence-electron chi connectivity index (χ3n) is 3.59. The van der Waals surface area contributed by atoms with E-state index in [1.807, 2.05) is 7.05 Å². The van der Waals surface area contributed by atoms with Gasteiger partial charge < -0.3 is 10.6 Å². The van der Waals surface area contributed by atoms with Crippen molar-refractivity contribution in [3.63, 3.8) is 0 Å². The first-order valence-corrected chi connectivity index (χ1v) is 7.55. The molecule has 0 heterocycles. The Hall–Kier alpha value is -1.06. The van der Waals surface area contributed by atoms with Gasteiger partial charge in [0, 0.05) is 13.0 Å². The van der Waals surface area contributed by atoms with Gasteiger partial charge in [-0.1, -0.05) is 45.0 Å². The summed E-state index contributed by atoms with van der Waals surface area (Å²) < 4.78 is 0. The van der Waals surface area contributed by atoms with E-state index in [1.165, 1.54) is 11.1 Å². The van der Waals surface area contributed by atoms with Crippen molar-refractivity contribution < 1.29 is 4.79 Å². The minimum atomic E-state index is 0. The maximum absolute atomic E-state index is 11.8. The summed E-state index contributed by atoms with van der Waals surface area (Å²) in [7, 11) is 1.92. The van der Waals surface area contributed by atoms with Crippen LogP contribution in [-0.2, 0) is 4.79 Å². The molecule has 0 aliphatic carbocycles. The van der Waals surface area contributed by atoms with Crippen molar-refractivity contribution in [1.82, 2.24) is 10.6 Å². The highest BCUT2D eigenvalue weighted by molar-refractivity contribution is 5.85. The zero-order valence-corrected chi connectivity index (χ0v) is 14.4. The van der Waals surface area contributed by atoms with Crippen molar-refractivity contribution in [3.8, 4) is 0 Å². The summed E-state index contributed by atoms with van der Waals surface area (Å²) in [6.45, 7) is 8.18. The van der Waals surface area contributed by atoms with Crippen LogP contribution in [0, 0.1) is 0 Å². The van der Waals surface area contributed by atoms with E-state index < -0.39 is 0 Å². The lowest BCUT2D eigenvalue weighted by atomic mass is 9.94. The molecule has 120 valence electrons. The van der Waals surface area contributed by atoms with E-state index in [9.17, 15) is 4.79 Å². The SMILES string of the molecule is CNCCCNC(=O)CC(C)c1ccc(C(C)C)cc1.Cl. The van der Waals surface area contributed by atoms with E-state index in [0.717, 1.165) is 19.5 Å². The van der Waals surface area contributed by atoms with Crippen LogP contribution in [0.5, 0.6) is 0 Å².